The van der Waals surface area contributed by atoms with Gasteiger partial charge in [-0.3, -0.25) is 9.59 Å². The summed E-state index contributed by atoms with van der Waals surface area (Å²) in [4.78, 5) is 37.8. The number of aromatic nitrogens is 2. The van der Waals surface area contributed by atoms with E-state index in [0.29, 0.717) is 11.9 Å². The van der Waals surface area contributed by atoms with E-state index < -0.39 is 0 Å². The number of halogens is 1. The number of rotatable bonds is 5. The zero-order chi connectivity index (χ0) is 20.0. The van der Waals surface area contributed by atoms with Crippen molar-refractivity contribution in [3.05, 3.63) is 18.7 Å². The number of amides is 2. The first-order valence-electron chi connectivity index (χ1n) is 9.20. The smallest absolute Gasteiger partial charge is 0.243 e. The van der Waals surface area contributed by atoms with E-state index >= 15 is 0 Å². The molecule has 1 saturated heterocycles. The summed E-state index contributed by atoms with van der Waals surface area (Å²) >= 11 is 0. The average molecular weight is 505 g/mol. The average Bonchev–Trinajstić information content (AvgIpc) is 3.16. The molecule has 2 atom stereocenters. The van der Waals surface area contributed by atoms with Crippen LogP contribution in [0.5, 0.6) is 0 Å². The second-order valence-electron chi connectivity index (χ2n) is 7.36. The second kappa shape index (κ2) is 11.2. The quantitative estimate of drug-likeness (QED) is 0.358. The molecule has 1 aromatic heterocycles. The van der Waals surface area contributed by atoms with Crippen LogP contribution in [0.25, 0.3) is 0 Å². The largest absolute Gasteiger partial charge is 0.347 e. The summed E-state index contributed by atoms with van der Waals surface area (Å²) in [7, 11) is 6.85. The first-order valence-corrected chi connectivity index (χ1v) is 9.20. The summed E-state index contributed by atoms with van der Waals surface area (Å²) in [6, 6.07) is 0.266. The molecule has 1 fully saturated rings. The Morgan fingerprint density at radius 2 is 1.89 bits per heavy atom. The highest BCUT2D eigenvalue weighted by Crippen LogP contribution is 2.27. The Bertz CT molecular complexity index is 661. The van der Waals surface area contributed by atoms with Crippen molar-refractivity contribution in [3.8, 4) is 0 Å². The maximum Gasteiger partial charge on any atom is 0.243 e. The lowest BCUT2D eigenvalue weighted by Crippen LogP contribution is -2.51. The van der Waals surface area contributed by atoms with Crippen LogP contribution in [0.3, 0.4) is 0 Å². The third kappa shape index (κ3) is 6.64. The third-order valence-corrected chi connectivity index (χ3v) is 4.89. The monoisotopic (exact) mass is 505 g/mol. The Morgan fingerprint density at radius 1 is 1.21 bits per heavy atom. The second-order valence-corrected chi connectivity index (χ2v) is 7.36. The highest BCUT2D eigenvalue weighted by atomic mass is 127. The number of carbonyl (C=O) groups excluding carboxylic acids is 2. The van der Waals surface area contributed by atoms with Gasteiger partial charge < -0.3 is 24.6 Å². The van der Waals surface area contributed by atoms with E-state index in [4.69, 9.17) is 0 Å². The summed E-state index contributed by atoms with van der Waals surface area (Å²) in [6.07, 6.45) is 6.58. The fourth-order valence-electron chi connectivity index (χ4n) is 2.96. The Morgan fingerprint density at radius 3 is 2.46 bits per heavy atom. The summed E-state index contributed by atoms with van der Waals surface area (Å²) in [5.41, 5.74) is 0. The van der Waals surface area contributed by atoms with Crippen molar-refractivity contribution < 1.29 is 9.59 Å². The molecule has 0 saturated carbocycles. The number of likely N-dealkylation sites (tertiary alicyclic amines) is 1. The Kier molecular flexibility index (Phi) is 9.70. The topological polar surface area (TPSA) is 86.1 Å². The fraction of sp³-hybridized carbons (Fsp3) is 0.667. The molecule has 0 bridgehead atoms. The van der Waals surface area contributed by atoms with Gasteiger partial charge in [-0.25, -0.2) is 9.98 Å². The Balaban J connectivity index is 0.00000392. The number of piperidine rings is 1. The molecule has 1 aliphatic heterocycles. The van der Waals surface area contributed by atoms with Crippen molar-refractivity contribution in [3.63, 3.8) is 0 Å². The zero-order valence-corrected chi connectivity index (χ0v) is 19.7. The van der Waals surface area contributed by atoms with Gasteiger partial charge in [0.1, 0.15) is 6.54 Å². The molecule has 158 valence electrons. The third-order valence-electron chi connectivity index (χ3n) is 4.89. The zero-order valence-electron chi connectivity index (χ0n) is 17.3. The highest BCUT2D eigenvalue weighted by molar-refractivity contribution is 14.0. The molecule has 2 rings (SSSR count). The van der Waals surface area contributed by atoms with Crippen LogP contribution in [0.4, 0.5) is 0 Å². The number of nitrogens with one attached hydrogen (secondary N) is 1. The van der Waals surface area contributed by atoms with Crippen LogP contribution >= 0.6 is 24.0 Å². The molecule has 28 heavy (non-hydrogen) atoms. The maximum atomic E-state index is 12.0. The highest BCUT2D eigenvalue weighted by Gasteiger charge is 2.29. The van der Waals surface area contributed by atoms with E-state index in [1.165, 1.54) is 9.80 Å². The fourth-order valence-corrected chi connectivity index (χ4v) is 2.96. The first kappa shape index (κ1) is 24.2. The molecular formula is C18H32IN7O2. The first-order chi connectivity index (χ1) is 12.8. The van der Waals surface area contributed by atoms with Crippen molar-refractivity contribution in [2.45, 2.75) is 19.4 Å². The minimum atomic E-state index is -0.0789. The van der Waals surface area contributed by atoms with Crippen LogP contribution in [0, 0.1) is 5.92 Å². The lowest BCUT2D eigenvalue weighted by atomic mass is 9.93. The van der Waals surface area contributed by atoms with Crippen LogP contribution in [0.1, 0.15) is 19.4 Å². The summed E-state index contributed by atoms with van der Waals surface area (Å²) in [5, 5.41) is 3.13. The molecule has 1 aromatic rings. The van der Waals surface area contributed by atoms with E-state index in [9.17, 15) is 9.59 Å². The number of nitrogens with zero attached hydrogens (tertiary/aromatic N) is 6. The SMILES string of the molecule is CC1CCN(C(=NCC(=O)N(C)C)NCC(=O)N(C)C)CC1n1ccnc1.I. The van der Waals surface area contributed by atoms with Crippen molar-refractivity contribution in [2.24, 2.45) is 10.9 Å². The molecule has 2 amide bonds. The van der Waals surface area contributed by atoms with E-state index in [-0.39, 0.29) is 54.9 Å². The van der Waals surface area contributed by atoms with Gasteiger partial charge in [0.05, 0.1) is 18.9 Å². The Labute approximate surface area is 184 Å². The molecule has 0 radical (unpaired) electrons. The van der Waals surface area contributed by atoms with Gasteiger partial charge in [-0.15, -0.1) is 24.0 Å². The minimum Gasteiger partial charge on any atom is -0.347 e. The molecule has 2 heterocycles. The number of hydrogen-bond acceptors (Lipinski definition) is 4. The normalized spacial score (nSPS) is 19.6. The van der Waals surface area contributed by atoms with E-state index in [1.54, 1.807) is 34.4 Å². The van der Waals surface area contributed by atoms with Gasteiger partial charge >= 0.3 is 0 Å². The van der Waals surface area contributed by atoms with E-state index in [1.807, 2.05) is 12.5 Å². The van der Waals surface area contributed by atoms with Gasteiger partial charge in [0.2, 0.25) is 11.8 Å². The minimum absolute atomic E-state index is 0. The number of imidazole rings is 1. The van der Waals surface area contributed by atoms with Crippen LogP contribution in [-0.2, 0) is 9.59 Å². The van der Waals surface area contributed by atoms with Gasteiger partial charge in [-0.2, -0.15) is 0 Å². The molecule has 2 unspecified atom stereocenters. The summed E-state index contributed by atoms with van der Waals surface area (Å²) in [6.45, 7) is 3.99. The molecule has 9 nitrogen and oxygen atoms in total. The molecule has 1 N–H and O–H groups in total. The number of aliphatic imine (C=N–C) groups is 1. The van der Waals surface area contributed by atoms with Gasteiger partial charge in [0, 0.05) is 53.7 Å². The standard InChI is InChI=1S/C18H31N7O2.HI/c1-14-6-8-24(12-15(14)25-9-7-19-13-25)18(20-10-16(26)22(2)3)21-11-17(27)23(4)5;/h7,9,13-15H,6,8,10-12H2,1-5H3,(H,20,21);1H. The van der Waals surface area contributed by atoms with Crippen LogP contribution < -0.4 is 5.32 Å². The maximum absolute atomic E-state index is 12.0. The lowest BCUT2D eigenvalue weighted by molar-refractivity contribution is -0.127. The summed E-state index contributed by atoms with van der Waals surface area (Å²) in [5.74, 6) is 0.976. The molecule has 0 aromatic carbocycles. The van der Waals surface area contributed by atoms with Crippen molar-refractivity contribution >= 4 is 41.8 Å². The summed E-state index contributed by atoms with van der Waals surface area (Å²) < 4.78 is 2.12. The van der Waals surface area contributed by atoms with Crippen LogP contribution in [0.15, 0.2) is 23.7 Å². The predicted molar refractivity (Wildman–Crippen MR) is 120 cm³/mol. The van der Waals surface area contributed by atoms with Crippen LogP contribution in [0.2, 0.25) is 0 Å². The van der Waals surface area contributed by atoms with E-state index in [0.717, 1.165) is 19.5 Å². The molecule has 1 aliphatic rings. The molecule has 0 spiro atoms. The van der Waals surface area contributed by atoms with Gasteiger partial charge in [-0.05, 0) is 12.3 Å². The van der Waals surface area contributed by atoms with Gasteiger partial charge in [-0.1, -0.05) is 6.92 Å². The number of likely N-dealkylation sites (N-methyl/N-ethyl adjacent to an activating group) is 2. The number of guanidine groups is 1. The predicted octanol–water partition coefficient (Wildman–Crippen LogP) is 0.506. The van der Waals surface area contributed by atoms with Gasteiger partial charge in [0.25, 0.3) is 0 Å². The van der Waals surface area contributed by atoms with Crippen molar-refractivity contribution in [1.29, 1.82) is 0 Å². The van der Waals surface area contributed by atoms with Crippen LogP contribution in [-0.4, -0.2) is 96.4 Å². The molecule has 0 aliphatic carbocycles. The van der Waals surface area contributed by atoms with Gasteiger partial charge in [0.15, 0.2) is 5.96 Å². The van der Waals surface area contributed by atoms with Crippen molar-refractivity contribution in [1.82, 2.24) is 29.6 Å². The molecule has 10 heteroatoms. The van der Waals surface area contributed by atoms with E-state index in [2.05, 4.69) is 31.7 Å². The lowest BCUT2D eigenvalue weighted by Gasteiger charge is -2.39. The number of hydrogen-bond donors (Lipinski definition) is 1. The van der Waals surface area contributed by atoms with Crippen molar-refractivity contribution in [2.75, 3.05) is 54.4 Å². The molecular weight excluding hydrogens is 473 g/mol. The number of carbonyl (C=O) groups is 2. The Hall–Kier alpha value is -1.85.